The largest absolute Gasteiger partial charge is 0.494 e. The first-order valence-corrected chi connectivity index (χ1v) is 12.4. The maximum Gasteiger partial charge on any atom is 0.335 e. The van der Waals surface area contributed by atoms with Crippen LogP contribution in [0.1, 0.15) is 18.1 Å². The van der Waals surface area contributed by atoms with Crippen LogP contribution in [0.25, 0.3) is 6.08 Å². The summed E-state index contributed by atoms with van der Waals surface area (Å²) in [7, 11) is 0. The Hall–Kier alpha value is -3.50. The molecule has 3 aromatic carbocycles. The minimum Gasteiger partial charge on any atom is -0.494 e. The quantitative estimate of drug-likeness (QED) is 0.260. The summed E-state index contributed by atoms with van der Waals surface area (Å²) in [6, 6.07) is 14.8. The van der Waals surface area contributed by atoms with Gasteiger partial charge in [0.2, 0.25) is 0 Å². The van der Waals surface area contributed by atoms with E-state index < -0.39 is 17.8 Å². The molecular weight excluding hydrogens is 599 g/mol. The Labute approximate surface area is 223 Å². The van der Waals surface area contributed by atoms with Gasteiger partial charge in [-0.25, -0.2) is 14.1 Å². The van der Waals surface area contributed by atoms with E-state index >= 15 is 0 Å². The molecule has 1 N–H and O–H groups in total. The molecule has 1 fully saturated rings. The summed E-state index contributed by atoms with van der Waals surface area (Å²) in [5, 5.41) is 2.21. The van der Waals surface area contributed by atoms with E-state index in [1.165, 1.54) is 18.2 Å². The van der Waals surface area contributed by atoms with Crippen LogP contribution in [0.5, 0.6) is 11.5 Å². The number of carbonyl (C=O) groups is 3. The summed E-state index contributed by atoms with van der Waals surface area (Å²) in [6.07, 6.45) is 1.36. The summed E-state index contributed by atoms with van der Waals surface area (Å²) in [6.45, 7) is 2.43. The average Bonchev–Trinajstić information content (AvgIpc) is 2.83. The summed E-state index contributed by atoms with van der Waals surface area (Å²) in [5.41, 5.74) is 1.17. The zero-order valence-electron chi connectivity index (χ0n) is 18.9. The first-order valence-electron chi connectivity index (χ1n) is 10.8. The molecule has 1 aliphatic heterocycles. The fraction of sp³-hybridized carbons (Fsp3) is 0.115. The predicted molar refractivity (Wildman–Crippen MR) is 139 cm³/mol. The predicted octanol–water partition coefficient (Wildman–Crippen LogP) is 5.99. The Bertz CT molecular complexity index is 1360. The molecule has 0 spiro atoms. The Morgan fingerprint density at radius 3 is 2.33 bits per heavy atom. The molecule has 4 amide bonds. The molecule has 0 aliphatic carbocycles. The highest BCUT2D eigenvalue weighted by molar-refractivity contribution is 9.11. The van der Waals surface area contributed by atoms with Gasteiger partial charge in [0.1, 0.15) is 29.5 Å². The van der Waals surface area contributed by atoms with Gasteiger partial charge in [0.15, 0.2) is 0 Å². The van der Waals surface area contributed by atoms with E-state index in [4.69, 9.17) is 9.47 Å². The first kappa shape index (κ1) is 25.6. The molecule has 1 aliphatic rings. The van der Waals surface area contributed by atoms with Crippen molar-refractivity contribution in [2.24, 2.45) is 0 Å². The van der Waals surface area contributed by atoms with Crippen LogP contribution in [0.15, 0.2) is 75.2 Å². The number of anilines is 1. The third-order valence-corrected chi connectivity index (χ3v) is 6.19. The van der Waals surface area contributed by atoms with E-state index in [1.807, 2.05) is 6.92 Å². The van der Waals surface area contributed by atoms with Crippen LogP contribution in [0.3, 0.4) is 0 Å². The van der Waals surface area contributed by atoms with Crippen molar-refractivity contribution >= 4 is 61.5 Å². The van der Waals surface area contributed by atoms with Gasteiger partial charge >= 0.3 is 6.03 Å². The van der Waals surface area contributed by atoms with E-state index in [9.17, 15) is 18.8 Å². The second kappa shape index (κ2) is 11.0. The van der Waals surface area contributed by atoms with Gasteiger partial charge in [-0.05, 0) is 83.0 Å². The molecular formula is C26H19Br2FN2O5. The van der Waals surface area contributed by atoms with Crippen LogP contribution in [-0.2, 0) is 16.2 Å². The van der Waals surface area contributed by atoms with Gasteiger partial charge in [0, 0.05) is 10.0 Å². The molecule has 36 heavy (non-hydrogen) atoms. The number of nitrogens with zero attached hydrogens (tertiary/aromatic N) is 1. The van der Waals surface area contributed by atoms with Gasteiger partial charge in [0.25, 0.3) is 11.8 Å². The lowest BCUT2D eigenvalue weighted by Crippen LogP contribution is -2.54. The van der Waals surface area contributed by atoms with Crippen LogP contribution in [0.4, 0.5) is 14.9 Å². The third-order valence-electron chi connectivity index (χ3n) is 5.14. The van der Waals surface area contributed by atoms with Crippen molar-refractivity contribution in [3.05, 3.63) is 92.1 Å². The fourth-order valence-electron chi connectivity index (χ4n) is 3.48. The van der Waals surface area contributed by atoms with Gasteiger partial charge in [0.05, 0.1) is 16.8 Å². The molecule has 1 saturated heterocycles. The number of urea groups is 1. The van der Waals surface area contributed by atoms with Crippen molar-refractivity contribution in [3.63, 3.8) is 0 Å². The molecule has 3 aromatic rings. The molecule has 1 heterocycles. The number of benzene rings is 3. The number of barbiturate groups is 1. The minimum absolute atomic E-state index is 0.119. The Morgan fingerprint density at radius 2 is 1.67 bits per heavy atom. The lowest BCUT2D eigenvalue weighted by molar-refractivity contribution is -0.122. The molecule has 4 rings (SSSR count). The minimum atomic E-state index is -0.852. The molecule has 0 bridgehead atoms. The van der Waals surface area contributed by atoms with E-state index in [0.29, 0.717) is 32.6 Å². The fourth-order valence-corrected chi connectivity index (χ4v) is 4.85. The van der Waals surface area contributed by atoms with E-state index in [0.717, 1.165) is 10.5 Å². The zero-order chi connectivity index (χ0) is 25.8. The summed E-state index contributed by atoms with van der Waals surface area (Å²) >= 11 is 6.86. The number of hydrogen-bond acceptors (Lipinski definition) is 5. The highest BCUT2D eigenvalue weighted by Gasteiger charge is 2.37. The first-order chi connectivity index (χ1) is 17.3. The topological polar surface area (TPSA) is 84.9 Å². The number of rotatable bonds is 7. The number of imide groups is 2. The Morgan fingerprint density at radius 1 is 0.972 bits per heavy atom. The van der Waals surface area contributed by atoms with Crippen LogP contribution in [-0.4, -0.2) is 24.5 Å². The monoisotopic (exact) mass is 616 g/mol. The molecule has 7 nitrogen and oxygen atoms in total. The van der Waals surface area contributed by atoms with Gasteiger partial charge < -0.3 is 9.47 Å². The average molecular weight is 618 g/mol. The zero-order valence-corrected chi connectivity index (χ0v) is 22.1. The van der Waals surface area contributed by atoms with Gasteiger partial charge in [-0.2, -0.15) is 0 Å². The van der Waals surface area contributed by atoms with Crippen LogP contribution in [0, 0.1) is 5.82 Å². The summed E-state index contributed by atoms with van der Waals surface area (Å²) in [5.74, 6) is -1.02. The number of amides is 4. The van der Waals surface area contributed by atoms with Gasteiger partial charge in [-0.1, -0.05) is 28.1 Å². The molecule has 0 saturated carbocycles. The molecule has 0 unspecified atom stereocenters. The number of carbonyl (C=O) groups excluding carboxylic acids is 3. The van der Waals surface area contributed by atoms with Crippen molar-refractivity contribution in [1.82, 2.24) is 5.32 Å². The maximum absolute atomic E-state index is 13.3. The lowest BCUT2D eigenvalue weighted by atomic mass is 10.1. The van der Waals surface area contributed by atoms with Crippen molar-refractivity contribution in [3.8, 4) is 11.5 Å². The summed E-state index contributed by atoms with van der Waals surface area (Å²) in [4.78, 5) is 39.4. The highest BCUT2D eigenvalue weighted by atomic mass is 79.9. The molecule has 0 radical (unpaired) electrons. The van der Waals surface area contributed by atoms with Crippen LogP contribution < -0.4 is 19.7 Å². The third kappa shape index (κ3) is 5.66. The van der Waals surface area contributed by atoms with Crippen molar-refractivity contribution in [2.45, 2.75) is 13.5 Å². The standard InChI is InChI=1S/C26H19Br2FN2O5/c1-2-35-20-9-7-19(8-10-20)31-25(33)21(24(32)30-26(31)34)12-16-11-17(27)13-22(28)23(16)36-14-15-3-5-18(29)6-4-15/h3-13H,2,14H2,1H3,(H,30,32,34)/b21-12+. The molecule has 184 valence electrons. The second-order valence-corrected chi connectivity index (χ2v) is 9.38. The highest BCUT2D eigenvalue weighted by Crippen LogP contribution is 2.36. The molecule has 0 atom stereocenters. The lowest BCUT2D eigenvalue weighted by Gasteiger charge is -2.26. The Kier molecular flexibility index (Phi) is 7.85. The van der Waals surface area contributed by atoms with Crippen molar-refractivity contribution in [2.75, 3.05) is 11.5 Å². The van der Waals surface area contributed by atoms with Crippen molar-refractivity contribution < 1.29 is 28.2 Å². The maximum atomic E-state index is 13.3. The number of halogens is 3. The normalized spacial score (nSPS) is 14.7. The summed E-state index contributed by atoms with van der Waals surface area (Å²) < 4.78 is 25.8. The number of hydrogen-bond donors (Lipinski definition) is 1. The molecule has 0 aromatic heterocycles. The SMILES string of the molecule is CCOc1ccc(N2C(=O)NC(=O)/C(=C\c3cc(Br)cc(Br)c3OCc3ccc(F)cc3)C2=O)cc1. The van der Waals surface area contributed by atoms with Gasteiger partial charge in [-0.3, -0.25) is 14.9 Å². The Balaban J connectivity index is 1.67. The second-order valence-electron chi connectivity index (χ2n) is 7.61. The number of nitrogens with one attached hydrogen (secondary N) is 1. The van der Waals surface area contributed by atoms with E-state index in [-0.39, 0.29) is 23.7 Å². The molecule has 10 heteroatoms. The van der Waals surface area contributed by atoms with E-state index in [1.54, 1.807) is 48.5 Å². The van der Waals surface area contributed by atoms with Crippen molar-refractivity contribution in [1.29, 1.82) is 0 Å². The van der Waals surface area contributed by atoms with Crippen LogP contribution in [0.2, 0.25) is 0 Å². The van der Waals surface area contributed by atoms with Crippen LogP contribution >= 0.6 is 31.9 Å². The van der Waals surface area contributed by atoms with E-state index in [2.05, 4.69) is 37.2 Å². The smallest absolute Gasteiger partial charge is 0.335 e. The number of ether oxygens (including phenoxy) is 2. The van der Waals surface area contributed by atoms with Gasteiger partial charge in [-0.15, -0.1) is 0 Å².